The molecule has 0 aliphatic heterocycles. The third-order valence-corrected chi connectivity index (χ3v) is 3.87. The van der Waals surface area contributed by atoms with Gasteiger partial charge in [0.2, 0.25) is 0 Å². The Labute approximate surface area is 132 Å². The van der Waals surface area contributed by atoms with E-state index in [1.165, 1.54) is 12.1 Å². The van der Waals surface area contributed by atoms with Crippen LogP contribution in [0.2, 0.25) is 5.02 Å². The van der Waals surface area contributed by atoms with Crippen molar-refractivity contribution in [2.45, 2.75) is 0 Å². The molecule has 1 amide bonds. The van der Waals surface area contributed by atoms with Gasteiger partial charge in [-0.15, -0.1) is 0 Å². The van der Waals surface area contributed by atoms with Gasteiger partial charge in [-0.25, -0.2) is 9.18 Å². The summed E-state index contributed by atoms with van der Waals surface area (Å²) < 4.78 is 13.8. The van der Waals surface area contributed by atoms with Crippen LogP contribution in [-0.4, -0.2) is 17.0 Å². The number of amides is 1. The second-order valence-electron chi connectivity index (χ2n) is 4.08. The van der Waals surface area contributed by atoms with Crippen LogP contribution in [0.4, 0.5) is 10.1 Å². The molecule has 2 aromatic carbocycles. The number of hydrogen-bond donors (Lipinski definition) is 2. The lowest BCUT2D eigenvalue weighted by molar-refractivity contribution is 0.0698. The Kier molecular flexibility index (Phi) is 4.59. The number of hydrogen-bond acceptors (Lipinski definition) is 2. The number of aromatic carboxylic acids is 1. The quantitative estimate of drug-likeness (QED) is 0.849. The molecule has 2 N–H and O–H groups in total. The van der Waals surface area contributed by atoms with Crippen molar-refractivity contribution in [1.82, 2.24) is 0 Å². The lowest BCUT2D eigenvalue weighted by Crippen LogP contribution is -2.15. The first-order valence-electron chi connectivity index (χ1n) is 5.67. The Morgan fingerprint density at radius 2 is 1.90 bits per heavy atom. The average Bonchev–Trinajstić information content (AvgIpc) is 2.41. The maximum atomic E-state index is 13.2. The highest BCUT2D eigenvalue weighted by Gasteiger charge is 2.15. The molecule has 0 atom stereocenters. The Bertz CT molecular complexity index is 736. The van der Waals surface area contributed by atoms with E-state index in [0.717, 1.165) is 18.2 Å². The summed E-state index contributed by atoms with van der Waals surface area (Å²) in [5.74, 6) is -2.50. The molecule has 4 nitrogen and oxygen atoms in total. The third-order valence-electron chi connectivity index (χ3n) is 2.64. The fourth-order valence-corrected chi connectivity index (χ4v) is 2.07. The predicted octanol–water partition coefficient (Wildman–Crippen LogP) is 4.19. The van der Waals surface area contributed by atoms with Gasteiger partial charge in [-0.1, -0.05) is 11.6 Å². The highest BCUT2D eigenvalue weighted by molar-refractivity contribution is 9.10. The van der Waals surface area contributed by atoms with Crippen molar-refractivity contribution in [3.63, 3.8) is 0 Å². The molecule has 0 aliphatic rings. The topological polar surface area (TPSA) is 66.4 Å². The van der Waals surface area contributed by atoms with Gasteiger partial charge in [-0.2, -0.15) is 0 Å². The zero-order valence-electron chi connectivity index (χ0n) is 10.4. The van der Waals surface area contributed by atoms with E-state index < -0.39 is 17.7 Å². The number of carboxylic acids is 1. The molecule has 0 radical (unpaired) electrons. The van der Waals surface area contributed by atoms with Crippen LogP contribution in [0.5, 0.6) is 0 Å². The van der Waals surface area contributed by atoms with Crippen LogP contribution in [0.3, 0.4) is 0 Å². The van der Waals surface area contributed by atoms with Crippen molar-refractivity contribution in [1.29, 1.82) is 0 Å². The first-order chi connectivity index (χ1) is 9.88. The number of carbonyl (C=O) groups is 2. The Balaban J connectivity index is 2.33. The van der Waals surface area contributed by atoms with Crippen molar-refractivity contribution in [3.05, 3.63) is 62.8 Å². The summed E-state index contributed by atoms with van der Waals surface area (Å²) in [6, 6.07) is 7.55. The summed E-state index contributed by atoms with van der Waals surface area (Å²) in [6.07, 6.45) is 0. The first-order valence-corrected chi connectivity index (χ1v) is 6.85. The second-order valence-corrected chi connectivity index (χ2v) is 5.34. The average molecular weight is 373 g/mol. The molecule has 0 unspecified atom stereocenters. The molecule has 2 rings (SSSR count). The smallest absolute Gasteiger partial charge is 0.337 e. The van der Waals surface area contributed by atoms with Crippen LogP contribution in [0.15, 0.2) is 40.9 Å². The minimum atomic E-state index is -1.26. The molecular formula is C14H8BrClFNO3. The van der Waals surface area contributed by atoms with E-state index in [1.807, 2.05) is 0 Å². The summed E-state index contributed by atoms with van der Waals surface area (Å²) in [5, 5.41) is 11.7. The Morgan fingerprint density at radius 3 is 2.52 bits per heavy atom. The molecule has 21 heavy (non-hydrogen) atoms. The van der Waals surface area contributed by atoms with Gasteiger partial charge in [-0.05, 0) is 52.3 Å². The summed E-state index contributed by atoms with van der Waals surface area (Å²) in [5.41, 5.74) is -0.0942. The molecule has 0 saturated heterocycles. The van der Waals surface area contributed by atoms with Crippen LogP contribution >= 0.6 is 27.5 Å². The van der Waals surface area contributed by atoms with Crippen LogP contribution in [0.1, 0.15) is 20.7 Å². The van der Waals surface area contributed by atoms with Gasteiger partial charge >= 0.3 is 5.97 Å². The zero-order valence-corrected chi connectivity index (χ0v) is 12.7. The molecule has 2 aromatic rings. The minimum Gasteiger partial charge on any atom is -0.478 e. The molecule has 7 heteroatoms. The number of carbonyl (C=O) groups excluding carboxylic acids is 1. The van der Waals surface area contributed by atoms with Gasteiger partial charge in [-0.3, -0.25) is 4.79 Å². The zero-order chi connectivity index (χ0) is 15.6. The normalized spacial score (nSPS) is 10.2. The number of carboxylic acid groups (broad SMARTS) is 1. The molecule has 0 aliphatic carbocycles. The summed E-state index contributed by atoms with van der Waals surface area (Å²) >= 11 is 9.08. The van der Waals surface area contributed by atoms with Crippen molar-refractivity contribution in [3.8, 4) is 0 Å². The van der Waals surface area contributed by atoms with E-state index in [0.29, 0.717) is 9.50 Å². The van der Waals surface area contributed by atoms with Crippen molar-refractivity contribution in [2.75, 3.05) is 5.32 Å². The summed E-state index contributed by atoms with van der Waals surface area (Å²) in [4.78, 5) is 23.1. The number of anilines is 1. The highest BCUT2D eigenvalue weighted by Crippen LogP contribution is 2.24. The fraction of sp³-hybridized carbons (Fsp3) is 0. The van der Waals surface area contributed by atoms with Gasteiger partial charge in [0.1, 0.15) is 5.82 Å². The molecule has 0 heterocycles. The van der Waals surface area contributed by atoms with E-state index in [2.05, 4.69) is 21.2 Å². The van der Waals surface area contributed by atoms with E-state index in [4.69, 9.17) is 16.7 Å². The van der Waals surface area contributed by atoms with Crippen LogP contribution < -0.4 is 5.32 Å². The number of nitrogens with one attached hydrogen (secondary N) is 1. The number of halogens is 3. The number of rotatable bonds is 3. The standard InChI is InChI=1S/C14H8BrClFNO3/c15-10-4-1-7(5-11(10)16)13(19)18-12-6-8(17)2-3-9(12)14(20)21/h1-6H,(H,18,19)(H,20,21). The van der Waals surface area contributed by atoms with Crippen LogP contribution in [0.25, 0.3) is 0 Å². The maximum Gasteiger partial charge on any atom is 0.337 e. The monoisotopic (exact) mass is 371 g/mol. The molecule has 0 spiro atoms. The Hall–Kier alpha value is -1.92. The first kappa shape index (κ1) is 15.5. The SMILES string of the molecule is O=C(Nc1cc(F)ccc1C(=O)O)c1ccc(Br)c(Cl)c1. The van der Waals surface area contributed by atoms with Gasteiger partial charge in [0.15, 0.2) is 0 Å². The van der Waals surface area contributed by atoms with Crippen molar-refractivity contribution in [2.24, 2.45) is 0 Å². The van der Waals surface area contributed by atoms with Gasteiger partial charge in [0.25, 0.3) is 5.91 Å². The lowest BCUT2D eigenvalue weighted by atomic mass is 10.1. The second kappa shape index (κ2) is 6.24. The summed E-state index contributed by atoms with van der Waals surface area (Å²) in [7, 11) is 0. The fourth-order valence-electron chi connectivity index (χ4n) is 1.64. The third kappa shape index (κ3) is 3.59. The van der Waals surface area contributed by atoms with E-state index in [1.54, 1.807) is 6.07 Å². The molecule has 0 bridgehead atoms. The van der Waals surface area contributed by atoms with Gasteiger partial charge < -0.3 is 10.4 Å². The predicted molar refractivity (Wildman–Crippen MR) is 80.5 cm³/mol. The van der Waals surface area contributed by atoms with E-state index >= 15 is 0 Å². The van der Waals surface area contributed by atoms with Gasteiger partial charge in [0, 0.05) is 10.0 Å². The number of benzene rings is 2. The van der Waals surface area contributed by atoms with E-state index in [-0.39, 0.29) is 16.8 Å². The van der Waals surface area contributed by atoms with Crippen LogP contribution in [-0.2, 0) is 0 Å². The summed E-state index contributed by atoms with van der Waals surface area (Å²) in [6.45, 7) is 0. The van der Waals surface area contributed by atoms with Crippen molar-refractivity contribution < 1.29 is 19.1 Å². The molecule has 0 fully saturated rings. The molecule has 0 aromatic heterocycles. The highest BCUT2D eigenvalue weighted by atomic mass is 79.9. The van der Waals surface area contributed by atoms with Crippen molar-refractivity contribution >= 4 is 45.1 Å². The molecular weight excluding hydrogens is 365 g/mol. The van der Waals surface area contributed by atoms with Gasteiger partial charge in [0.05, 0.1) is 16.3 Å². The molecule has 0 saturated carbocycles. The Morgan fingerprint density at radius 1 is 1.19 bits per heavy atom. The lowest BCUT2D eigenvalue weighted by Gasteiger charge is -2.09. The minimum absolute atomic E-state index is 0.119. The maximum absolute atomic E-state index is 13.2. The van der Waals surface area contributed by atoms with E-state index in [9.17, 15) is 14.0 Å². The largest absolute Gasteiger partial charge is 0.478 e. The molecule has 108 valence electrons. The van der Waals surface area contributed by atoms with Crippen LogP contribution in [0, 0.1) is 5.82 Å².